The van der Waals surface area contributed by atoms with E-state index in [1.54, 1.807) is 31.5 Å². The van der Waals surface area contributed by atoms with Crippen LogP contribution in [0.5, 0.6) is 0 Å². The van der Waals surface area contributed by atoms with Crippen molar-refractivity contribution in [3.63, 3.8) is 0 Å². The largest absolute Gasteiger partial charge is 0.385 e. The standard InChI is InChI=1S/C28H23F2N5O2/c1-16-6-7-23(32-14-16)18-9-19(25-13-26(37-35-25)24-5-3-4-8-31-24)11-20(10-18)28(36)34-17(2)27-22(30)12-21(29)15-33-27/h3-12,14-15,17,26H,13H2,1-2H3,(H,34,36)/t17-,26-/m0/s1. The van der Waals surface area contributed by atoms with Gasteiger partial charge in [-0.25, -0.2) is 8.78 Å². The highest BCUT2D eigenvalue weighted by Crippen LogP contribution is 2.30. The summed E-state index contributed by atoms with van der Waals surface area (Å²) in [6.07, 6.45) is 4.51. The number of carbonyl (C=O) groups is 1. The first kappa shape index (κ1) is 24.2. The molecule has 0 unspecified atom stereocenters. The van der Waals surface area contributed by atoms with Crippen molar-refractivity contribution in [2.75, 3.05) is 0 Å². The molecule has 3 aromatic heterocycles. The number of pyridine rings is 3. The van der Waals surface area contributed by atoms with Gasteiger partial charge in [-0.3, -0.25) is 19.7 Å². The quantitative estimate of drug-likeness (QED) is 0.379. The third-order valence-corrected chi connectivity index (χ3v) is 6.02. The highest BCUT2D eigenvalue weighted by molar-refractivity contribution is 6.05. The van der Waals surface area contributed by atoms with Crippen LogP contribution in [0, 0.1) is 18.6 Å². The number of hydrogen-bond acceptors (Lipinski definition) is 6. The van der Waals surface area contributed by atoms with E-state index < -0.39 is 23.6 Å². The Balaban J connectivity index is 1.46. The van der Waals surface area contributed by atoms with Crippen LogP contribution in [0.2, 0.25) is 0 Å². The molecule has 1 N–H and O–H groups in total. The molecule has 4 aromatic rings. The van der Waals surface area contributed by atoms with Crippen molar-refractivity contribution in [3.8, 4) is 11.3 Å². The van der Waals surface area contributed by atoms with Crippen LogP contribution in [-0.2, 0) is 4.84 Å². The number of rotatable bonds is 6. The zero-order valence-corrected chi connectivity index (χ0v) is 20.2. The zero-order valence-electron chi connectivity index (χ0n) is 20.2. The fraction of sp³-hybridized carbons (Fsp3) is 0.179. The van der Waals surface area contributed by atoms with Crippen LogP contribution >= 0.6 is 0 Å². The van der Waals surface area contributed by atoms with Crippen molar-refractivity contribution in [2.45, 2.75) is 32.4 Å². The number of benzene rings is 1. The molecule has 0 spiro atoms. The Hall–Kier alpha value is -4.53. The van der Waals surface area contributed by atoms with E-state index in [9.17, 15) is 13.6 Å². The van der Waals surface area contributed by atoms with Crippen LogP contribution < -0.4 is 5.32 Å². The van der Waals surface area contributed by atoms with Gasteiger partial charge in [0.05, 0.1) is 35.0 Å². The second-order valence-corrected chi connectivity index (χ2v) is 8.83. The van der Waals surface area contributed by atoms with Crippen molar-refractivity contribution in [2.24, 2.45) is 5.16 Å². The van der Waals surface area contributed by atoms with E-state index in [4.69, 9.17) is 4.84 Å². The Morgan fingerprint density at radius 1 is 1.03 bits per heavy atom. The Bertz CT molecular complexity index is 1480. The summed E-state index contributed by atoms with van der Waals surface area (Å²) in [6.45, 7) is 3.53. The minimum atomic E-state index is -0.830. The topological polar surface area (TPSA) is 89.4 Å². The molecule has 0 bridgehead atoms. The second-order valence-electron chi connectivity index (χ2n) is 8.83. The first-order chi connectivity index (χ1) is 17.9. The molecule has 1 aliphatic rings. The van der Waals surface area contributed by atoms with Crippen LogP contribution in [0.1, 0.15) is 58.4 Å². The number of nitrogens with zero attached hydrogens (tertiary/aromatic N) is 4. The first-order valence-electron chi connectivity index (χ1n) is 11.7. The smallest absolute Gasteiger partial charge is 0.251 e. The van der Waals surface area contributed by atoms with Gasteiger partial charge in [-0.1, -0.05) is 17.3 Å². The average molecular weight is 500 g/mol. The highest BCUT2D eigenvalue weighted by Gasteiger charge is 2.26. The summed E-state index contributed by atoms with van der Waals surface area (Å²) in [4.78, 5) is 31.6. The molecule has 4 heterocycles. The normalized spacial score (nSPS) is 15.6. The van der Waals surface area contributed by atoms with Gasteiger partial charge in [-0.15, -0.1) is 0 Å². The zero-order chi connectivity index (χ0) is 25.9. The molecule has 5 rings (SSSR count). The SMILES string of the molecule is Cc1ccc(-c2cc(C(=O)N[C@@H](C)c3ncc(F)cc3F)cc(C3=NO[C@H](c4ccccn4)C3)c2)nc1. The monoisotopic (exact) mass is 499 g/mol. The minimum Gasteiger partial charge on any atom is -0.385 e. The number of carbonyl (C=O) groups excluding carboxylic acids is 1. The molecule has 1 amide bonds. The number of oxime groups is 1. The van der Waals surface area contributed by atoms with E-state index in [1.165, 1.54) is 0 Å². The number of halogens is 2. The third-order valence-electron chi connectivity index (χ3n) is 6.02. The van der Waals surface area contributed by atoms with Crippen LogP contribution in [0.25, 0.3) is 11.3 Å². The van der Waals surface area contributed by atoms with Crippen LogP contribution in [0.3, 0.4) is 0 Å². The number of nitrogens with one attached hydrogen (secondary N) is 1. The molecule has 1 aliphatic heterocycles. The Labute approximate surface area is 212 Å². The lowest BCUT2D eigenvalue weighted by Gasteiger charge is -2.15. The van der Waals surface area contributed by atoms with Gasteiger partial charge in [0.15, 0.2) is 6.10 Å². The van der Waals surface area contributed by atoms with Gasteiger partial charge in [0.2, 0.25) is 0 Å². The van der Waals surface area contributed by atoms with Crippen molar-refractivity contribution < 1.29 is 18.4 Å². The Morgan fingerprint density at radius 2 is 1.86 bits per heavy atom. The summed E-state index contributed by atoms with van der Waals surface area (Å²) in [6, 6.07) is 14.7. The maximum absolute atomic E-state index is 14.2. The molecule has 7 nitrogen and oxygen atoms in total. The summed E-state index contributed by atoms with van der Waals surface area (Å²) in [5.41, 5.74) is 4.80. The Morgan fingerprint density at radius 3 is 2.59 bits per heavy atom. The van der Waals surface area contributed by atoms with Gasteiger partial charge in [0.1, 0.15) is 11.6 Å². The van der Waals surface area contributed by atoms with Gasteiger partial charge in [0, 0.05) is 41.6 Å². The number of amides is 1. The van der Waals surface area contributed by atoms with Crippen molar-refractivity contribution >= 4 is 11.6 Å². The molecule has 9 heteroatoms. The fourth-order valence-electron chi connectivity index (χ4n) is 4.08. The van der Waals surface area contributed by atoms with Gasteiger partial charge < -0.3 is 10.2 Å². The Kier molecular flexibility index (Phi) is 6.68. The van der Waals surface area contributed by atoms with Gasteiger partial charge in [-0.05, 0) is 55.8 Å². The molecule has 2 atom stereocenters. The first-order valence-corrected chi connectivity index (χ1v) is 11.7. The number of aryl methyl sites for hydroxylation is 1. The van der Waals surface area contributed by atoms with Crippen molar-refractivity contribution in [1.82, 2.24) is 20.3 Å². The predicted molar refractivity (Wildman–Crippen MR) is 134 cm³/mol. The molecule has 0 fully saturated rings. The molecular weight excluding hydrogens is 476 g/mol. The van der Waals surface area contributed by atoms with Crippen LogP contribution in [0.4, 0.5) is 8.78 Å². The van der Waals surface area contributed by atoms with E-state index >= 15 is 0 Å². The molecule has 0 saturated carbocycles. The average Bonchev–Trinajstić information content (AvgIpc) is 3.40. The fourth-order valence-corrected chi connectivity index (χ4v) is 4.08. The van der Waals surface area contributed by atoms with E-state index in [1.807, 2.05) is 43.3 Å². The lowest BCUT2D eigenvalue weighted by Crippen LogP contribution is -2.28. The van der Waals surface area contributed by atoms with Gasteiger partial charge >= 0.3 is 0 Å². The van der Waals surface area contributed by atoms with E-state index in [2.05, 4.69) is 25.4 Å². The van der Waals surface area contributed by atoms with E-state index in [0.717, 1.165) is 23.5 Å². The molecule has 37 heavy (non-hydrogen) atoms. The van der Waals surface area contributed by atoms with Crippen LogP contribution in [0.15, 0.2) is 78.3 Å². The van der Waals surface area contributed by atoms with E-state index in [-0.39, 0.29) is 11.8 Å². The molecule has 0 aliphatic carbocycles. The summed E-state index contributed by atoms with van der Waals surface area (Å²) in [5, 5.41) is 7.02. The number of aromatic nitrogens is 3. The van der Waals surface area contributed by atoms with Gasteiger partial charge in [-0.2, -0.15) is 0 Å². The number of hydrogen-bond donors (Lipinski definition) is 1. The summed E-state index contributed by atoms with van der Waals surface area (Å²) < 4.78 is 27.5. The predicted octanol–water partition coefficient (Wildman–Crippen LogP) is 5.48. The molecule has 0 saturated heterocycles. The summed E-state index contributed by atoms with van der Waals surface area (Å²) in [7, 11) is 0. The summed E-state index contributed by atoms with van der Waals surface area (Å²) >= 11 is 0. The third kappa shape index (κ3) is 5.35. The second kappa shape index (κ2) is 10.2. The molecule has 0 radical (unpaired) electrons. The van der Waals surface area contributed by atoms with E-state index in [0.29, 0.717) is 34.5 Å². The van der Waals surface area contributed by atoms with Gasteiger partial charge in [0.25, 0.3) is 5.91 Å². The molecule has 1 aromatic carbocycles. The minimum absolute atomic E-state index is 0.0573. The van der Waals surface area contributed by atoms with Crippen molar-refractivity contribution in [1.29, 1.82) is 0 Å². The maximum atomic E-state index is 14.2. The summed E-state index contributed by atoms with van der Waals surface area (Å²) in [5.74, 6) is -2.07. The highest BCUT2D eigenvalue weighted by atomic mass is 19.1. The molecular formula is C28H23F2N5O2. The lowest BCUT2D eigenvalue weighted by atomic mass is 9.96. The molecule has 186 valence electrons. The van der Waals surface area contributed by atoms with Crippen LogP contribution in [-0.4, -0.2) is 26.6 Å². The maximum Gasteiger partial charge on any atom is 0.251 e. The lowest BCUT2D eigenvalue weighted by molar-refractivity contribution is 0.0826. The van der Waals surface area contributed by atoms with Crippen molar-refractivity contribution in [3.05, 3.63) is 113 Å².